The molecule has 0 unspecified atom stereocenters. The molecule has 0 spiro atoms. The number of furan rings is 1. The maximum atomic E-state index is 12.9. The van der Waals surface area contributed by atoms with Crippen LogP contribution in [-0.4, -0.2) is 9.55 Å². The van der Waals surface area contributed by atoms with Gasteiger partial charge in [0.2, 0.25) is 5.88 Å². The summed E-state index contributed by atoms with van der Waals surface area (Å²) in [5, 5.41) is 0.0354. The molecule has 2 aromatic heterocycles. The van der Waals surface area contributed by atoms with Crippen LogP contribution in [-0.2, 0) is 6.18 Å². The fourth-order valence-corrected chi connectivity index (χ4v) is 2.15. The average molecular weight is 303 g/mol. The lowest BCUT2D eigenvalue weighted by Crippen LogP contribution is -2.13. The quantitative estimate of drug-likeness (QED) is 0.747. The lowest BCUT2D eigenvalue weighted by Gasteiger charge is -2.07. The van der Waals surface area contributed by atoms with Gasteiger partial charge in [0.05, 0.1) is 16.6 Å². The van der Waals surface area contributed by atoms with Crippen LogP contribution in [0, 0.1) is 0 Å². The van der Waals surface area contributed by atoms with Crippen molar-refractivity contribution in [2.45, 2.75) is 6.18 Å². The lowest BCUT2D eigenvalue weighted by atomic mass is 10.2. The first-order valence-corrected chi connectivity index (χ1v) is 5.82. The molecule has 4 nitrogen and oxygen atoms in total. The normalized spacial score (nSPS) is 12.2. The molecular formula is C12H6ClF3N2O2. The molecule has 0 aliphatic rings. The van der Waals surface area contributed by atoms with Crippen LogP contribution < -0.4 is 5.69 Å². The van der Waals surface area contributed by atoms with Gasteiger partial charge in [-0.2, -0.15) is 13.2 Å². The number of rotatable bonds is 1. The summed E-state index contributed by atoms with van der Waals surface area (Å²) in [5.74, 6) is 0.0468. The summed E-state index contributed by atoms with van der Waals surface area (Å²) in [7, 11) is 0. The Morgan fingerprint density at radius 1 is 1.20 bits per heavy atom. The molecule has 3 aromatic rings. The van der Waals surface area contributed by atoms with Gasteiger partial charge in [-0.25, -0.2) is 9.36 Å². The zero-order valence-corrected chi connectivity index (χ0v) is 10.4. The van der Waals surface area contributed by atoms with Crippen molar-refractivity contribution in [3.05, 3.63) is 51.6 Å². The molecule has 3 rings (SSSR count). The van der Waals surface area contributed by atoms with Crippen LogP contribution in [0.1, 0.15) is 5.56 Å². The second kappa shape index (κ2) is 4.17. The molecule has 104 valence electrons. The van der Waals surface area contributed by atoms with Gasteiger partial charge in [-0.15, -0.1) is 0 Å². The molecule has 0 aliphatic heterocycles. The van der Waals surface area contributed by atoms with Gasteiger partial charge in [0, 0.05) is 6.07 Å². The van der Waals surface area contributed by atoms with Crippen molar-refractivity contribution in [1.29, 1.82) is 0 Å². The molecule has 8 heteroatoms. The maximum absolute atomic E-state index is 12.9. The number of halogens is 4. The van der Waals surface area contributed by atoms with Gasteiger partial charge in [-0.3, -0.25) is 0 Å². The van der Waals surface area contributed by atoms with E-state index in [0.29, 0.717) is 0 Å². The summed E-state index contributed by atoms with van der Waals surface area (Å²) in [5.41, 5.74) is -1.88. The van der Waals surface area contributed by atoms with E-state index in [1.165, 1.54) is 24.3 Å². The maximum Gasteiger partial charge on any atom is 0.418 e. The highest BCUT2D eigenvalue weighted by molar-refractivity contribution is 6.28. The smallest absolute Gasteiger partial charge is 0.418 e. The first kappa shape index (κ1) is 12.9. The van der Waals surface area contributed by atoms with Crippen molar-refractivity contribution >= 4 is 22.6 Å². The number of hydrogen-bond donors (Lipinski definition) is 1. The van der Waals surface area contributed by atoms with E-state index in [2.05, 4.69) is 4.98 Å². The fraction of sp³-hybridized carbons (Fsp3) is 0.0833. The number of fused-ring (bicyclic) bond motifs is 1. The van der Waals surface area contributed by atoms with Crippen molar-refractivity contribution in [2.75, 3.05) is 0 Å². The molecule has 0 aliphatic carbocycles. The van der Waals surface area contributed by atoms with Gasteiger partial charge < -0.3 is 9.40 Å². The van der Waals surface area contributed by atoms with E-state index in [1.807, 2.05) is 0 Å². The number of para-hydroxylation sites is 1. The van der Waals surface area contributed by atoms with Gasteiger partial charge in [0.25, 0.3) is 0 Å². The number of benzene rings is 1. The number of nitrogens with one attached hydrogen (secondary N) is 1. The molecular weight excluding hydrogens is 297 g/mol. The number of hydrogen-bond acceptors (Lipinski definition) is 2. The molecule has 0 saturated heterocycles. The zero-order valence-electron chi connectivity index (χ0n) is 9.66. The van der Waals surface area contributed by atoms with Gasteiger partial charge in [-0.05, 0) is 29.8 Å². The average Bonchev–Trinajstić information content (AvgIpc) is 2.89. The Balaban J connectivity index is 2.36. The second-order valence-corrected chi connectivity index (χ2v) is 4.41. The van der Waals surface area contributed by atoms with Gasteiger partial charge in [-0.1, -0.05) is 6.07 Å². The predicted molar refractivity (Wildman–Crippen MR) is 66.2 cm³/mol. The SMILES string of the molecule is O=c1[nH]c2c(C(F)(F)F)cccc2n1-c1ccc(Cl)o1. The summed E-state index contributed by atoms with van der Waals surface area (Å²) in [4.78, 5) is 14.1. The van der Waals surface area contributed by atoms with E-state index >= 15 is 0 Å². The molecule has 2 heterocycles. The molecule has 1 aromatic carbocycles. The Morgan fingerprint density at radius 3 is 2.55 bits per heavy atom. The third-order valence-electron chi connectivity index (χ3n) is 2.80. The van der Waals surface area contributed by atoms with Gasteiger partial charge in [0.15, 0.2) is 5.22 Å². The number of imidazole rings is 1. The van der Waals surface area contributed by atoms with Crippen molar-refractivity contribution in [3.8, 4) is 5.88 Å². The Hall–Kier alpha value is -2.15. The molecule has 0 bridgehead atoms. The van der Waals surface area contributed by atoms with Crippen LogP contribution in [0.5, 0.6) is 0 Å². The van der Waals surface area contributed by atoms with E-state index < -0.39 is 17.4 Å². The van der Waals surface area contributed by atoms with Crippen molar-refractivity contribution in [1.82, 2.24) is 9.55 Å². The van der Waals surface area contributed by atoms with Crippen molar-refractivity contribution < 1.29 is 17.6 Å². The zero-order chi connectivity index (χ0) is 14.5. The largest absolute Gasteiger partial charge is 0.428 e. The minimum atomic E-state index is -4.56. The van der Waals surface area contributed by atoms with Crippen LogP contribution in [0.4, 0.5) is 13.2 Å². The molecule has 0 saturated carbocycles. The molecule has 1 N–H and O–H groups in total. The summed E-state index contributed by atoms with van der Waals surface area (Å²) in [6.07, 6.45) is -4.56. The van der Waals surface area contributed by atoms with Gasteiger partial charge in [0.1, 0.15) is 0 Å². The minimum Gasteiger partial charge on any atom is -0.428 e. The second-order valence-electron chi connectivity index (χ2n) is 4.04. The number of H-pyrrole nitrogens is 1. The summed E-state index contributed by atoms with van der Waals surface area (Å²) >= 11 is 5.61. The molecule has 0 fully saturated rings. The first-order valence-electron chi connectivity index (χ1n) is 5.44. The van der Waals surface area contributed by atoms with E-state index in [9.17, 15) is 18.0 Å². The minimum absolute atomic E-state index is 0.0354. The first-order chi connectivity index (χ1) is 9.38. The molecule has 0 radical (unpaired) electrons. The van der Waals surface area contributed by atoms with Crippen LogP contribution in [0.2, 0.25) is 5.22 Å². The number of alkyl halides is 3. The topological polar surface area (TPSA) is 50.9 Å². The Morgan fingerprint density at radius 2 is 1.95 bits per heavy atom. The van der Waals surface area contributed by atoms with E-state index in [1.54, 1.807) is 0 Å². The number of aromatic amines is 1. The highest BCUT2D eigenvalue weighted by Gasteiger charge is 2.34. The fourth-order valence-electron chi connectivity index (χ4n) is 2.01. The highest BCUT2D eigenvalue weighted by Crippen LogP contribution is 2.34. The van der Waals surface area contributed by atoms with Crippen LogP contribution in [0.25, 0.3) is 16.9 Å². The predicted octanol–water partition coefficient (Wildman–Crippen LogP) is 3.58. The third-order valence-corrected chi connectivity index (χ3v) is 3.01. The van der Waals surface area contributed by atoms with Crippen molar-refractivity contribution in [3.63, 3.8) is 0 Å². The Labute approximate surface area is 114 Å². The summed E-state index contributed by atoms with van der Waals surface area (Å²) in [6.45, 7) is 0. The van der Waals surface area contributed by atoms with Crippen LogP contribution in [0.3, 0.4) is 0 Å². The van der Waals surface area contributed by atoms with Gasteiger partial charge >= 0.3 is 11.9 Å². The van der Waals surface area contributed by atoms with E-state index in [-0.39, 0.29) is 22.1 Å². The van der Waals surface area contributed by atoms with E-state index in [4.69, 9.17) is 16.0 Å². The number of aromatic nitrogens is 2. The summed E-state index contributed by atoms with van der Waals surface area (Å²) < 4.78 is 44.7. The Bertz CT molecular complexity index is 844. The monoisotopic (exact) mass is 302 g/mol. The van der Waals surface area contributed by atoms with Crippen LogP contribution in [0.15, 0.2) is 39.5 Å². The molecule has 0 amide bonds. The highest BCUT2D eigenvalue weighted by atomic mass is 35.5. The third kappa shape index (κ3) is 1.90. The van der Waals surface area contributed by atoms with Crippen LogP contribution >= 0.6 is 11.6 Å². The standard InChI is InChI=1S/C12H6ClF3N2O2/c13-8-4-5-9(20-8)18-7-3-1-2-6(12(14,15)16)10(7)17-11(18)19/h1-5H,(H,17,19). The van der Waals surface area contributed by atoms with E-state index in [0.717, 1.165) is 10.6 Å². The summed E-state index contributed by atoms with van der Waals surface area (Å²) in [6, 6.07) is 6.31. The molecule has 0 atom stereocenters. The number of nitrogens with zero attached hydrogens (tertiary/aromatic N) is 1. The lowest BCUT2D eigenvalue weighted by molar-refractivity contribution is -0.136. The molecule has 20 heavy (non-hydrogen) atoms. The Kier molecular flexibility index (Phi) is 2.68. The van der Waals surface area contributed by atoms with Crippen molar-refractivity contribution in [2.24, 2.45) is 0 Å².